The number of hydrogen-bond acceptors (Lipinski definition) is 4. The summed E-state index contributed by atoms with van der Waals surface area (Å²) in [7, 11) is 0. The van der Waals surface area contributed by atoms with E-state index >= 15 is 0 Å². The van der Waals surface area contributed by atoms with E-state index in [1.54, 1.807) is 36.4 Å². The van der Waals surface area contributed by atoms with Gasteiger partial charge in [0.1, 0.15) is 18.2 Å². The molecule has 30 heavy (non-hydrogen) atoms. The predicted octanol–water partition coefficient (Wildman–Crippen LogP) is 4.27. The van der Waals surface area contributed by atoms with Crippen molar-refractivity contribution in [3.63, 3.8) is 0 Å². The van der Waals surface area contributed by atoms with Crippen LogP contribution in [0.15, 0.2) is 78.9 Å². The van der Waals surface area contributed by atoms with Crippen molar-refractivity contribution in [2.45, 2.75) is 26.2 Å². The first-order valence-corrected chi connectivity index (χ1v) is 9.51. The smallest absolute Gasteiger partial charge is 0.338 e. The highest BCUT2D eigenvalue weighted by Gasteiger charge is 2.18. The number of carbonyl (C=O) groups is 2. The SMILES string of the molecule is C[C@H](OC(=O)c1ccc(COc2ccccc2)cc1)C(=O)NCc1ccc(F)cc1. The van der Waals surface area contributed by atoms with Crippen LogP contribution in [0.25, 0.3) is 0 Å². The molecule has 0 spiro atoms. The van der Waals surface area contributed by atoms with Crippen molar-refractivity contribution in [1.29, 1.82) is 0 Å². The van der Waals surface area contributed by atoms with Gasteiger partial charge in [0.15, 0.2) is 6.10 Å². The molecule has 1 N–H and O–H groups in total. The first-order chi connectivity index (χ1) is 14.5. The zero-order valence-electron chi connectivity index (χ0n) is 16.5. The molecule has 3 rings (SSSR count). The Balaban J connectivity index is 1.47. The highest BCUT2D eigenvalue weighted by molar-refractivity contribution is 5.92. The van der Waals surface area contributed by atoms with Gasteiger partial charge in [0.05, 0.1) is 5.56 Å². The highest BCUT2D eigenvalue weighted by atomic mass is 19.1. The number of rotatable bonds is 8. The molecular formula is C24H22FNO4. The average Bonchev–Trinajstić information content (AvgIpc) is 2.78. The molecule has 5 nitrogen and oxygen atoms in total. The van der Waals surface area contributed by atoms with Crippen LogP contribution in [0.1, 0.15) is 28.4 Å². The van der Waals surface area contributed by atoms with Gasteiger partial charge in [-0.05, 0) is 54.4 Å². The summed E-state index contributed by atoms with van der Waals surface area (Å²) in [5.41, 5.74) is 1.99. The summed E-state index contributed by atoms with van der Waals surface area (Å²) in [6.45, 7) is 2.10. The zero-order valence-corrected chi connectivity index (χ0v) is 16.5. The third-order valence-corrected chi connectivity index (χ3v) is 4.37. The van der Waals surface area contributed by atoms with Gasteiger partial charge < -0.3 is 14.8 Å². The molecule has 0 heterocycles. The summed E-state index contributed by atoms with van der Waals surface area (Å²) < 4.78 is 23.8. The summed E-state index contributed by atoms with van der Waals surface area (Å²) in [5, 5.41) is 2.66. The second-order valence-electron chi connectivity index (χ2n) is 6.69. The van der Waals surface area contributed by atoms with Crippen molar-refractivity contribution >= 4 is 11.9 Å². The maximum absolute atomic E-state index is 12.9. The van der Waals surface area contributed by atoms with Crippen LogP contribution in [0.2, 0.25) is 0 Å². The largest absolute Gasteiger partial charge is 0.489 e. The predicted molar refractivity (Wildman–Crippen MR) is 110 cm³/mol. The second-order valence-corrected chi connectivity index (χ2v) is 6.69. The van der Waals surface area contributed by atoms with Gasteiger partial charge in [0.2, 0.25) is 0 Å². The monoisotopic (exact) mass is 407 g/mol. The van der Waals surface area contributed by atoms with Gasteiger partial charge in [0, 0.05) is 6.54 Å². The molecule has 6 heteroatoms. The summed E-state index contributed by atoms with van der Waals surface area (Å²) >= 11 is 0. The molecule has 0 aromatic heterocycles. The van der Waals surface area contributed by atoms with E-state index in [-0.39, 0.29) is 12.4 Å². The fraction of sp³-hybridized carbons (Fsp3) is 0.167. The number of amides is 1. The molecule has 0 aliphatic carbocycles. The van der Waals surface area contributed by atoms with Crippen molar-refractivity contribution < 1.29 is 23.5 Å². The van der Waals surface area contributed by atoms with E-state index in [2.05, 4.69) is 5.32 Å². The van der Waals surface area contributed by atoms with E-state index in [9.17, 15) is 14.0 Å². The van der Waals surface area contributed by atoms with E-state index in [4.69, 9.17) is 9.47 Å². The number of nitrogens with one attached hydrogen (secondary N) is 1. The number of para-hydroxylation sites is 1. The third-order valence-electron chi connectivity index (χ3n) is 4.37. The number of halogens is 1. The highest BCUT2D eigenvalue weighted by Crippen LogP contribution is 2.13. The van der Waals surface area contributed by atoms with Crippen LogP contribution in [0, 0.1) is 5.82 Å². The number of esters is 1. The molecule has 0 aliphatic rings. The normalized spacial score (nSPS) is 11.4. The van der Waals surface area contributed by atoms with E-state index in [1.165, 1.54) is 19.1 Å². The topological polar surface area (TPSA) is 64.6 Å². The first-order valence-electron chi connectivity index (χ1n) is 9.51. The lowest BCUT2D eigenvalue weighted by Gasteiger charge is -2.14. The molecular weight excluding hydrogens is 385 g/mol. The van der Waals surface area contributed by atoms with Gasteiger partial charge in [-0.25, -0.2) is 9.18 Å². The van der Waals surface area contributed by atoms with E-state index in [0.29, 0.717) is 12.2 Å². The molecule has 3 aromatic rings. The van der Waals surface area contributed by atoms with Gasteiger partial charge in [0.25, 0.3) is 5.91 Å². The summed E-state index contributed by atoms with van der Waals surface area (Å²) in [4.78, 5) is 24.4. The lowest BCUT2D eigenvalue weighted by Crippen LogP contribution is -2.35. The van der Waals surface area contributed by atoms with Crippen molar-refractivity contribution in [3.05, 3.63) is 101 Å². The maximum Gasteiger partial charge on any atom is 0.338 e. The van der Waals surface area contributed by atoms with E-state index in [1.807, 2.05) is 30.3 Å². The number of benzene rings is 3. The lowest BCUT2D eigenvalue weighted by molar-refractivity contribution is -0.129. The van der Waals surface area contributed by atoms with Gasteiger partial charge in [-0.1, -0.05) is 42.5 Å². The molecule has 0 saturated heterocycles. The van der Waals surface area contributed by atoms with Gasteiger partial charge in [-0.2, -0.15) is 0 Å². The molecule has 0 radical (unpaired) electrons. The Bertz CT molecular complexity index is 972. The molecule has 0 aliphatic heterocycles. The number of ether oxygens (including phenoxy) is 2. The van der Waals surface area contributed by atoms with Crippen LogP contribution in [0.3, 0.4) is 0 Å². The molecule has 0 unspecified atom stereocenters. The maximum atomic E-state index is 12.9. The summed E-state index contributed by atoms with van der Waals surface area (Å²) in [6, 6.07) is 22.1. The van der Waals surface area contributed by atoms with Gasteiger partial charge in [-0.15, -0.1) is 0 Å². The molecule has 154 valence electrons. The summed E-state index contributed by atoms with van der Waals surface area (Å²) in [6.07, 6.45) is -0.959. The molecule has 0 fully saturated rings. The van der Waals surface area contributed by atoms with Crippen LogP contribution < -0.4 is 10.1 Å². The Morgan fingerprint density at radius 2 is 1.53 bits per heavy atom. The van der Waals surface area contributed by atoms with Crippen LogP contribution in [0.5, 0.6) is 5.75 Å². The summed E-state index contributed by atoms with van der Waals surface area (Å²) in [5.74, 6) is -0.595. The Hall–Kier alpha value is -3.67. The van der Waals surface area contributed by atoms with Gasteiger partial charge >= 0.3 is 5.97 Å². The minimum Gasteiger partial charge on any atom is -0.489 e. The number of carbonyl (C=O) groups excluding carboxylic acids is 2. The zero-order chi connectivity index (χ0) is 21.3. The molecule has 1 atom stereocenters. The fourth-order valence-electron chi connectivity index (χ4n) is 2.64. The Labute approximate surface area is 174 Å². The second kappa shape index (κ2) is 10.2. The minimum atomic E-state index is -0.959. The van der Waals surface area contributed by atoms with Crippen LogP contribution in [-0.2, 0) is 22.7 Å². The van der Waals surface area contributed by atoms with Gasteiger partial charge in [-0.3, -0.25) is 4.79 Å². The molecule has 3 aromatic carbocycles. The molecule has 1 amide bonds. The molecule has 0 bridgehead atoms. The van der Waals surface area contributed by atoms with Crippen molar-refractivity contribution in [3.8, 4) is 5.75 Å². The first kappa shape index (κ1) is 21.0. The van der Waals surface area contributed by atoms with E-state index in [0.717, 1.165) is 16.9 Å². The third kappa shape index (κ3) is 6.17. The Morgan fingerprint density at radius 1 is 0.900 bits per heavy atom. The Morgan fingerprint density at radius 3 is 2.20 bits per heavy atom. The van der Waals surface area contributed by atoms with Crippen LogP contribution in [-0.4, -0.2) is 18.0 Å². The average molecular weight is 407 g/mol. The van der Waals surface area contributed by atoms with E-state index < -0.39 is 18.0 Å². The van der Waals surface area contributed by atoms with Crippen molar-refractivity contribution in [1.82, 2.24) is 5.32 Å². The Kier molecular flexibility index (Phi) is 7.16. The molecule has 0 saturated carbocycles. The van der Waals surface area contributed by atoms with Crippen molar-refractivity contribution in [2.24, 2.45) is 0 Å². The minimum absolute atomic E-state index is 0.219. The van der Waals surface area contributed by atoms with Crippen LogP contribution in [0.4, 0.5) is 4.39 Å². The lowest BCUT2D eigenvalue weighted by atomic mass is 10.1. The fourth-order valence-corrected chi connectivity index (χ4v) is 2.64. The standard InChI is InChI=1S/C24H22FNO4/c1-17(23(27)26-15-18-9-13-21(25)14-10-18)30-24(28)20-11-7-19(8-12-20)16-29-22-5-3-2-4-6-22/h2-14,17H,15-16H2,1H3,(H,26,27)/t17-/m0/s1. The quantitative estimate of drug-likeness (QED) is 0.567. The van der Waals surface area contributed by atoms with Crippen molar-refractivity contribution in [2.75, 3.05) is 0 Å². The van der Waals surface area contributed by atoms with Crippen LogP contribution >= 0.6 is 0 Å². The number of hydrogen-bond donors (Lipinski definition) is 1.